The van der Waals surface area contributed by atoms with E-state index in [1.165, 1.54) is 51.4 Å². The van der Waals surface area contributed by atoms with E-state index in [4.69, 9.17) is 9.47 Å². The van der Waals surface area contributed by atoms with Gasteiger partial charge >= 0.3 is 5.97 Å². The number of fused-ring (bicyclic) bond motifs is 1. The lowest BCUT2D eigenvalue weighted by molar-refractivity contribution is -0.164. The zero-order chi connectivity index (χ0) is 13.5. The molecule has 3 atom stereocenters. The third-order valence-corrected chi connectivity index (χ3v) is 4.33. The smallest absolute Gasteiger partial charge is 0.308 e. The average molecular weight is 268 g/mol. The van der Waals surface area contributed by atoms with Crippen molar-refractivity contribution in [2.24, 2.45) is 5.92 Å². The van der Waals surface area contributed by atoms with Crippen molar-refractivity contribution in [3.63, 3.8) is 0 Å². The van der Waals surface area contributed by atoms with Crippen LogP contribution in [0.3, 0.4) is 0 Å². The van der Waals surface area contributed by atoms with Gasteiger partial charge in [-0.25, -0.2) is 0 Å². The van der Waals surface area contributed by atoms with E-state index >= 15 is 0 Å². The van der Waals surface area contributed by atoms with E-state index in [0.29, 0.717) is 18.4 Å². The Hall–Kier alpha value is -0.570. The largest absolute Gasteiger partial charge is 0.435 e. The molecule has 19 heavy (non-hydrogen) atoms. The second-order valence-electron chi connectivity index (χ2n) is 6.08. The van der Waals surface area contributed by atoms with Crippen LogP contribution in [0.4, 0.5) is 0 Å². The molecular formula is C16H28O3. The fourth-order valence-electron chi connectivity index (χ4n) is 3.19. The van der Waals surface area contributed by atoms with Crippen molar-refractivity contribution in [2.45, 2.75) is 89.9 Å². The van der Waals surface area contributed by atoms with Gasteiger partial charge in [0.1, 0.15) is 0 Å². The van der Waals surface area contributed by atoms with E-state index < -0.39 is 0 Å². The highest BCUT2D eigenvalue weighted by atomic mass is 16.7. The molecule has 2 saturated heterocycles. The molecule has 2 rings (SSSR count). The Morgan fingerprint density at radius 2 is 1.74 bits per heavy atom. The Kier molecular flexibility index (Phi) is 6.15. The summed E-state index contributed by atoms with van der Waals surface area (Å²) < 4.78 is 10.9. The maximum Gasteiger partial charge on any atom is 0.308 e. The topological polar surface area (TPSA) is 35.5 Å². The third kappa shape index (κ3) is 4.79. The first-order valence-corrected chi connectivity index (χ1v) is 8.14. The lowest BCUT2D eigenvalue weighted by atomic mass is 9.99. The minimum atomic E-state index is -0.216. The van der Waals surface area contributed by atoms with Gasteiger partial charge in [-0.2, -0.15) is 0 Å². The van der Waals surface area contributed by atoms with Crippen LogP contribution in [0, 0.1) is 5.92 Å². The number of hydrogen-bond acceptors (Lipinski definition) is 3. The van der Waals surface area contributed by atoms with Crippen molar-refractivity contribution in [3.05, 3.63) is 0 Å². The number of unbranched alkanes of at least 4 members (excludes halogenated alkanes) is 7. The van der Waals surface area contributed by atoms with E-state index in [2.05, 4.69) is 6.92 Å². The summed E-state index contributed by atoms with van der Waals surface area (Å²) in [7, 11) is 0. The van der Waals surface area contributed by atoms with Crippen molar-refractivity contribution < 1.29 is 14.3 Å². The van der Waals surface area contributed by atoms with Crippen LogP contribution in [0.15, 0.2) is 0 Å². The van der Waals surface area contributed by atoms with Crippen LogP contribution < -0.4 is 0 Å². The highest BCUT2D eigenvalue weighted by Crippen LogP contribution is 2.37. The molecule has 0 aliphatic carbocycles. The van der Waals surface area contributed by atoms with Crippen LogP contribution in [0.1, 0.15) is 77.6 Å². The zero-order valence-corrected chi connectivity index (χ0v) is 12.2. The van der Waals surface area contributed by atoms with Crippen molar-refractivity contribution in [1.29, 1.82) is 0 Å². The Labute approximate surface area is 117 Å². The molecule has 3 nitrogen and oxygen atoms in total. The fourth-order valence-corrected chi connectivity index (χ4v) is 3.19. The molecule has 2 aliphatic heterocycles. The van der Waals surface area contributed by atoms with Crippen LogP contribution in [0.5, 0.6) is 0 Å². The summed E-state index contributed by atoms with van der Waals surface area (Å²) in [6.07, 6.45) is 13.7. The highest BCUT2D eigenvalue weighted by molar-refractivity contribution is 5.72. The number of rotatable bonds is 9. The van der Waals surface area contributed by atoms with Crippen LogP contribution in [-0.4, -0.2) is 18.4 Å². The van der Waals surface area contributed by atoms with Gasteiger partial charge in [0.2, 0.25) is 6.29 Å². The quantitative estimate of drug-likeness (QED) is 0.464. The van der Waals surface area contributed by atoms with Crippen molar-refractivity contribution in [1.82, 2.24) is 0 Å². The Balaban J connectivity index is 1.44. The molecule has 1 unspecified atom stereocenters. The molecular weight excluding hydrogens is 240 g/mol. The third-order valence-electron chi connectivity index (χ3n) is 4.33. The van der Waals surface area contributed by atoms with Gasteiger partial charge in [-0.3, -0.25) is 4.79 Å². The first-order chi connectivity index (χ1) is 9.29. The number of hydrogen-bond donors (Lipinski definition) is 0. The summed E-state index contributed by atoms with van der Waals surface area (Å²) in [6, 6.07) is 0. The summed E-state index contributed by atoms with van der Waals surface area (Å²) in [4.78, 5) is 11.1. The van der Waals surface area contributed by atoms with Crippen molar-refractivity contribution in [3.8, 4) is 0 Å². The van der Waals surface area contributed by atoms with Crippen LogP contribution in [0.25, 0.3) is 0 Å². The van der Waals surface area contributed by atoms with Gasteiger partial charge in [0.05, 0.1) is 12.5 Å². The molecule has 0 aromatic rings. The molecule has 0 radical (unpaired) electrons. The molecule has 2 aliphatic rings. The first-order valence-electron chi connectivity index (χ1n) is 8.14. The summed E-state index contributed by atoms with van der Waals surface area (Å²) in [5.41, 5.74) is 0. The Bertz CT molecular complexity index is 261. The van der Waals surface area contributed by atoms with Crippen LogP contribution >= 0.6 is 0 Å². The normalized spacial score (nSPS) is 29.5. The molecule has 0 spiro atoms. The van der Waals surface area contributed by atoms with E-state index in [1.54, 1.807) is 0 Å². The standard InChI is InChI=1S/C16H28O3/c1-2-3-4-5-6-7-8-9-10-14-11-13-12-15(17)19-16(13)18-14/h13-14,16H,2-12H2,1H3/t13-,14?,16+/m0/s1. The molecule has 0 N–H and O–H groups in total. The second-order valence-corrected chi connectivity index (χ2v) is 6.08. The van der Waals surface area contributed by atoms with Crippen LogP contribution in [-0.2, 0) is 14.3 Å². The SMILES string of the molecule is CCCCCCCCCCC1C[C@H]2CC(=O)O[C@H]2O1. The van der Waals surface area contributed by atoms with Gasteiger partial charge in [0, 0.05) is 5.92 Å². The maximum absolute atomic E-state index is 11.1. The molecule has 0 bridgehead atoms. The van der Waals surface area contributed by atoms with E-state index in [1.807, 2.05) is 0 Å². The number of carbonyl (C=O) groups excluding carboxylic acids is 1. The molecule has 0 aromatic carbocycles. The minimum absolute atomic E-state index is 0.0828. The molecule has 2 fully saturated rings. The summed E-state index contributed by atoms with van der Waals surface area (Å²) >= 11 is 0. The molecule has 2 heterocycles. The lowest BCUT2D eigenvalue weighted by Crippen LogP contribution is -2.14. The number of carbonyl (C=O) groups is 1. The van der Waals surface area contributed by atoms with Gasteiger partial charge in [0.15, 0.2) is 0 Å². The Morgan fingerprint density at radius 3 is 2.42 bits per heavy atom. The van der Waals surface area contributed by atoms with Crippen molar-refractivity contribution >= 4 is 5.97 Å². The predicted octanol–water partition coefficient (Wildman–Crippen LogP) is 4.20. The summed E-state index contributed by atoms with van der Waals surface area (Å²) in [5.74, 6) is 0.257. The second kappa shape index (κ2) is 7.88. The molecule has 0 amide bonds. The fraction of sp³-hybridized carbons (Fsp3) is 0.938. The highest BCUT2D eigenvalue weighted by Gasteiger charge is 2.43. The molecule has 110 valence electrons. The summed E-state index contributed by atoms with van der Waals surface area (Å²) in [5, 5.41) is 0. The molecule has 3 heteroatoms. The van der Waals surface area contributed by atoms with Gasteiger partial charge in [-0.15, -0.1) is 0 Å². The van der Waals surface area contributed by atoms with Crippen molar-refractivity contribution in [2.75, 3.05) is 0 Å². The van der Waals surface area contributed by atoms with Gasteiger partial charge < -0.3 is 9.47 Å². The predicted molar refractivity (Wildman–Crippen MR) is 74.7 cm³/mol. The van der Waals surface area contributed by atoms with E-state index in [-0.39, 0.29) is 12.3 Å². The van der Waals surface area contributed by atoms with Gasteiger partial charge in [0.25, 0.3) is 0 Å². The summed E-state index contributed by atoms with van der Waals surface area (Å²) in [6.45, 7) is 2.26. The zero-order valence-electron chi connectivity index (χ0n) is 12.2. The van der Waals surface area contributed by atoms with E-state index in [0.717, 1.165) is 12.8 Å². The number of ether oxygens (including phenoxy) is 2. The number of esters is 1. The van der Waals surface area contributed by atoms with Gasteiger partial charge in [-0.05, 0) is 12.8 Å². The van der Waals surface area contributed by atoms with E-state index in [9.17, 15) is 4.79 Å². The van der Waals surface area contributed by atoms with Gasteiger partial charge in [-0.1, -0.05) is 58.3 Å². The molecule has 0 aromatic heterocycles. The molecule has 0 saturated carbocycles. The van der Waals surface area contributed by atoms with Crippen LogP contribution in [0.2, 0.25) is 0 Å². The minimum Gasteiger partial charge on any atom is -0.435 e. The lowest BCUT2D eigenvalue weighted by Gasteiger charge is -2.11. The first kappa shape index (κ1) is 14.8. The Morgan fingerprint density at radius 1 is 1.05 bits per heavy atom. The monoisotopic (exact) mass is 268 g/mol. The maximum atomic E-state index is 11.1. The average Bonchev–Trinajstić information content (AvgIpc) is 2.89.